The Balaban J connectivity index is 2.34. The predicted octanol–water partition coefficient (Wildman–Crippen LogP) is 3.11. The average molecular weight is 353 g/mol. The quantitative estimate of drug-likeness (QED) is 0.524. The highest BCUT2D eigenvalue weighted by molar-refractivity contribution is 14.1. The fourth-order valence-corrected chi connectivity index (χ4v) is 2.00. The van der Waals surface area contributed by atoms with Crippen molar-refractivity contribution < 1.29 is 9.53 Å². The first-order chi connectivity index (χ1) is 8.61. The molecule has 2 aromatic carbocycles. The number of ketones is 1. The molecule has 18 heavy (non-hydrogen) atoms. The van der Waals surface area contributed by atoms with Gasteiger partial charge in [0.25, 0.3) is 0 Å². The molecular formula is C14H12INO2. The SMILES string of the molecule is COc1ccc(C(=O)c2ccc(I)cc2)cc1N. The van der Waals surface area contributed by atoms with E-state index in [2.05, 4.69) is 22.6 Å². The molecule has 0 saturated heterocycles. The third-order valence-corrected chi connectivity index (χ3v) is 3.32. The second-order valence-electron chi connectivity index (χ2n) is 3.79. The minimum atomic E-state index is -0.0410. The van der Waals surface area contributed by atoms with Gasteiger partial charge in [-0.05, 0) is 65.1 Å². The van der Waals surface area contributed by atoms with E-state index < -0.39 is 0 Å². The van der Waals surface area contributed by atoms with Crippen LogP contribution in [0.15, 0.2) is 42.5 Å². The molecule has 0 heterocycles. The van der Waals surface area contributed by atoms with E-state index in [-0.39, 0.29) is 5.78 Å². The zero-order chi connectivity index (χ0) is 13.1. The Kier molecular flexibility index (Phi) is 3.86. The fraction of sp³-hybridized carbons (Fsp3) is 0.0714. The molecule has 0 aromatic heterocycles. The van der Waals surface area contributed by atoms with Crippen molar-refractivity contribution in [3.8, 4) is 5.75 Å². The van der Waals surface area contributed by atoms with Gasteiger partial charge in [-0.2, -0.15) is 0 Å². The van der Waals surface area contributed by atoms with Crippen LogP contribution in [0.25, 0.3) is 0 Å². The molecule has 0 aliphatic carbocycles. The van der Waals surface area contributed by atoms with Gasteiger partial charge >= 0.3 is 0 Å². The molecule has 0 radical (unpaired) electrons. The van der Waals surface area contributed by atoms with Crippen molar-refractivity contribution in [1.82, 2.24) is 0 Å². The highest BCUT2D eigenvalue weighted by Gasteiger charge is 2.10. The lowest BCUT2D eigenvalue weighted by atomic mass is 10.0. The molecule has 0 unspecified atom stereocenters. The summed E-state index contributed by atoms with van der Waals surface area (Å²) in [5.41, 5.74) is 7.48. The maximum Gasteiger partial charge on any atom is 0.193 e. The number of carbonyl (C=O) groups excluding carboxylic acids is 1. The van der Waals surface area contributed by atoms with Gasteiger partial charge in [-0.15, -0.1) is 0 Å². The second-order valence-corrected chi connectivity index (χ2v) is 5.04. The lowest BCUT2D eigenvalue weighted by Gasteiger charge is -2.06. The van der Waals surface area contributed by atoms with E-state index in [1.807, 2.05) is 24.3 Å². The van der Waals surface area contributed by atoms with E-state index in [9.17, 15) is 4.79 Å². The summed E-state index contributed by atoms with van der Waals surface area (Å²) in [7, 11) is 1.55. The van der Waals surface area contributed by atoms with Crippen LogP contribution in [-0.4, -0.2) is 12.9 Å². The Labute approximate surface area is 119 Å². The number of halogens is 1. The molecule has 0 bridgehead atoms. The maximum absolute atomic E-state index is 12.2. The summed E-state index contributed by atoms with van der Waals surface area (Å²) in [5, 5.41) is 0. The van der Waals surface area contributed by atoms with Crippen LogP contribution in [0.2, 0.25) is 0 Å². The van der Waals surface area contributed by atoms with E-state index in [1.54, 1.807) is 25.3 Å². The Morgan fingerprint density at radius 1 is 1.11 bits per heavy atom. The smallest absolute Gasteiger partial charge is 0.193 e. The third-order valence-electron chi connectivity index (χ3n) is 2.60. The minimum Gasteiger partial charge on any atom is -0.495 e. The highest BCUT2D eigenvalue weighted by Crippen LogP contribution is 2.23. The van der Waals surface area contributed by atoms with E-state index in [0.29, 0.717) is 22.6 Å². The summed E-state index contributed by atoms with van der Waals surface area (Å²) < 4.78 is 6.16. The van der Waals surface area contributed by atoms with Crippen molar-refractivity contribution in [3.63, 3.8) is 0 Å². The van der Waals surface area contributed by atoms with Crippen molar-refractivity contribution in [1.29, 1.82) is 0 Å². The minimum absolute atomic E-state index is 0.0410. The van der Waals surface area contributed by atoms with Gasteiger partial charge in [-0.1, -0.05) is 0 Å². The third kappa shape index (κ3) is 2.64. The molecular weight excluding hydrogens is 341 g/mol. The predicted molar refractivity (Wildman–Crippen MR) is 80.0 cm³/mol. The molecule has 2 rings (SSSR count). The zero-order valence-corrected chi connectivity index (χ0v) is 12.0. The number of nitrogen functional groups attached to an aromatic ring is 1. The molecule has 2 N–H and O–H groups in total. The highest BCUT2D eigenvalue weighted by atomic mass is 127. The van der Waals surface area contributed by atoms with Crippen LogP contribution in [0.3, 0.4) is 0 Å². The molecule has 2 aromatic rings. The Morgan fingerprint density at radius 2 is 1.72 bits per heavy atom. The van der Waals surface area contributed by atoms with Crippen molar-refractivity contribution in [2.24, 2.45) is 0 Å². The van der Waals surface area contributed by atoms with Crippen LogP contribution in [0.5, 0.6) is 5.75 Å². The maximum atomic E-state index is 12.2. The molecule has 0 spiro atoms. The second kappa shape index (κ2) is 5.39. The molecule has 0 fully saturated rings. The zero-order valence-electron chi connectivity index (χ0n) is 9.81. The molecule has 0 aliphatic heterocycles. The van der Waals surface area contributed by atoms with E-state index in [1.165, 1.54) is 0 Å². The van der Waals surface area contributed by atoms with Gasteiger partial charge in [-0.3, -0.25) is 4.79 Å². The topological polar surface area (TPSA) is 52.3 Å². The summed E-state index contributed by atoms with van der Waals surface area (Å²) in [6.45, 7) is 0. The van der Waals surface area contributed by atoms with Gasteiger partial charge in [0.2, 0.25) is 0 Å². The van der Waals surface area contributed by atoms with Gasteiger partial charge in [0.1, 0.15) is 5.75 Å². The van der Waals surface area contributed by atoms with Crippen molar-refractivity contribution in [2.75, 3.05) is 12.8 Å². The van der Waals surface area contributed by atoms with Crippen LogP contribution >= 0.6 is 22.6 Å². The summed E-state index contributed by atoms with van der Waals surface area (Å²) in [6, 6.07) is 12.5. The largest absolute Gasteiger partial charge is 0.495 e. The molecule has 0 atom stereocenters. The normalized spacial score (nSPS) is 10.1. The fourth-order valence-electron chi connectivity index (χ4n) is 1.64. The van der Waals surface area contributed by atoms with Crippen LogP contribution in [0, 0.1) is 3.57 Å². The Morgan fingerprint density at radius 3 is 2.28 bits per heavy atom. The summed E-state index contributed by atoms with van der Waals surface area (Å²) in [5.74, 6) is 0.537. The van der Waals surface area contributed by atoms with Crippen LogP contribution in [-0.2, 0) is 0 Å². The van der Waals surface area contributed by atoms with Gasteiger partial charge < -0.3 is 10.5 Å². The summed E-state index contributed by atoms with van der Waals surface area (Å²) >= 11 is 2.20. The van der Waals surface area contributed by atoms with Gasteiger partial charge in [0, 0.05) is 14.7 Å². The van der Waals surface area contributed by atoms with Crippen molar-refractivity contribution in [3.05, 3.63) is 57.2 Å². The number of hydrogen-bond donors (Lipinski definition) is 1. The van der Waals surface area contributed by atoms with E-state index >= 15 is 0 Å². The van der Waals surface area contributed by atoms with Crippen LogP contribution in [0.1, 0.15) is 15.9 Å². The average Bonchev–Trinajstić information content (AvgIpc) is 2.38. The number of ether oxygens (including phenoxy) is 1. The molecule has 4 heteroatoms. The van der Waals surface area contributed by atoms with Crippen molar-refractivity contribution >= 4 is 34.1 Å². The van der Waals surface area contributed by atoms with Gasteiger partial charge in [-0.25, -0.2) is 0 Å². The molecule has 3 nitrogen and oxygen atoms in total. The van der Waals surface area contributed by atoms with E-state index in [4.69, 9.17) is 10.5 Å². The van der Waals surface area contributed by atoms with Crippen LogP contribution in [0.4, 0.5) is 5.69 Å². The molecule has 0 aliphatic rings. The first-order valence-corrected chi connectivity index (χ1v) is 6.43. The lowest BCUT2D eigenvalue weighted by molar-refractivity contribution is 0.103. The number of anilines is 1. The number of benzene rings is 2. The molecule has 92 valence electrons. The van der Waals surface area contributed by atoms with Gasteiger partial charge in [0.15, 0.2) is 5.78 Å². The number of rotatable bonds is 3. The molecule has 0 amide bonds. The first-order valence-electron chi connectivity index (χ1n) is 5.35. The molecule has 0 saturated carbocycles. The lowest BCUT2D eigenvalue weighted by Crippen LogP contribution is -2.03. The van der Waals surface area contributed by atoms with Crippen LogP contribution < -0.4 is 10.5 Å². The standard InChI is InChI=1S/C14H12INO2/c1-18-13-7-4-10(8-12(13)16)14(17)9-2-5-11(15)6-3-9/h2-8H,16H2,1H3. The van der Waals surface area contributed by atoms with Crippen molar-refractivity contribution in [2.45, 2.75) is 0 Å². The first kappa shape index (κ1) is 12.9. The number of carbonyl (C=O) groups is 1. The number of hydrogen-bond acceptors (Lipinski definition) is 3. The summed E-state index contributed by atoms with van der Waals surface area (Å²) in [4.78, 5) is 12.2. The summed E-state index contributed by atoms with van der Waals surface area (Å²) in [6.07, 6.45) is 0. The number of methoxy groups -OCH3 is 1. The van der Waals surface area contributed by atoms with Gasteiger partial charge in [0.05, 0.1) is 12.8 Å². The Bertz CT molecular complexity index is 579. The van der Waals surface area contributed by atoms with E-state index in [0.717, 1.165) is 3.57 Å². The number of nitrogens with two attached hydrogens (primary N) is 1. The Hall–Kier alpha value is -1.56. The monoisotopic (exact) mass is 353 g/mol.